The molecule has 1 aliphatic rings. The van der Waals surface area contributed by atoms with Crippen LogP contribution in [0.2, 0.25) is 0 Å². The number of anilines is 1. The minimum Gasteiger partial charge on any atom is -0.393 e. The molecule has 2 amide bonds. The van der Waals surface area contributed by atoms with E-state index in [0.717, 1.165) is 11.0 Å². The molecule has 1 aliphatic heterocycles. The number of hydrogen-bond acceptors (Lipinski definition) is 8. The van der Waals surface area contributed by atoms with Crippen LogP contribution in [-0.2, 0) is 9.84 Å². The second-order valence-electron chi connectivity index (χ2n) is 5.46. The molecule has 26 heavy (non-hydrogen) atoms. The minimum absolute atomic E-state index is 0.0296. The first-order valence-electron chi connectivity index (χ1n) is 7.40. The van der Waals surface area contributed by atoms with Crippen molar-refractivity contribution in [2.45, 2.75) is 0 Å². The predicted octanol–water partition coefficient (Wildman–Crippen LogP) is 0.209. The number of benzene rings is 1. The number of carbonyl (C=O) groups excluding carboxylic acids is 2. The third-order valence-electron chi connectivity index (χ3n) is 3.32. The summed E-state index contributed by atoms with van der Waals surface area (Å²) in [5.74, 6) is -0.928. The van der Waals surface area contributed by atoms with Gasteiger partial charge in [-0.2, -0.15) is 0 Å². The third-order valence-corrected chi connectivity index (χ3v) is 4.16. The van der Waals surface area contributed by atoms with Gasteiger partial charge in [0.2, 0.25) is 0 Å². The van der Waals surface area contributed by atoms with Crippen molar-refractivity contribution < 1.29 is 22.9 Å². The lowest BCUT2D eigenvalue weighted by Gasteiger charge is -2.12. The molecule has 1 heterocycles. The van der Waals surface area contributed by atoms with Gasteiger partial charge in [0, 0.05) is 25.4 Å². The van der Waals surface area contributed by atoms with Gasteiger partial charge in [0.1, 0.15) is 5.69 Å². The molecule has 1 aromatic carbocycles. The lowest BCUT2D eigenvalue weighted by atomic mass is 10.1. The van der Waals surface area contributed by atoms with Gasteiger partial charge in [0.25, 0.3) is 17.5 Å². The maximum absolute atomic E-state index is 12.0. The van der Waals surface area contributed by atoms with Crippen molar-refractivity contribution in [3.05, 3.63) is 46.0 Å². The molecule has 0 bridgehead atoms. The molecule has 0 saturated heterocycles. The number of rotatable bonds is 6. The van der Waals surface area contributed by atoms with Gasteiger partial charge in [-0.05, 0) is 13.1 Å². The third kappa shape index (κ3) is 5.10. The quantitative estimate of drug-likeness (QED) is 0.232. The number of nitrogens with one attached hydrogen (secondary N) is 1. The largest absolute Gasteiger partial charge is 0.393 e. The molecule has 0 aromatic heterocycles. The van der Waals surface area contributed by atoms with E-state index in [1.54, 1.807) is 7.05 Å². The first-order chi connectivity index (χ1) is 12.0. The summed E-state index contributed by atoms with van der Waals surface area (Å²) in [6.45, 7) is 3.92. The molecule has 10 nitrogen and oxygen atoms in total. The van der Waals surface area contributed by atoms with Gasteiger partial charge in [-0.25, -0.2) is 8.42 Å². The fourth-order valence-corrected chi connectivity index (χ4v) is 2.57. The first-order valence-corrected chi connectivity index (χ1v) is 9.46. The highest BCUT2D eigenvalue weighted by atomic mass is 32.2. The number of nitro groups is 1. The lowest BCUT2D eigenvalue weighted by molar-refractivity contribution is -0.383. The summed E-state index contributed by atoms with van der Waals surface area (Å²) in [7, 11) is -1.10. The van der Waals surface area contributed by atoms with E-state index in [1.165, 1.54) is 18.4 Å². The van der Waals surface area contributed by atoms with E-state index in [9.17, 15) is 28.1 Å². The molecule has 0 atom stereocenters. The van der Waals surface area contributed by atoms with E-state index in [4.69, 9.17) is 5.73 Å². The summed E-state index contributed by atoms with van der Waals surface area (Å²) >= 11 is 0. The second-order valence-corrected chi connectivity index (χ2v) is 7.65. The highest BCUT2D eigenvalue weighted by molar-refractivity contribution is 7.90. The van der Waals surface area contributed by atoms with Crippen molar-refractivity contribution in [1.29, 1.82) is 0 Å². The highest BCUT2D eigenvalue weighted by Gasteiger charge is 2.37. The molecule has 0 radical (unpaired) electrons. The summed E-state index contributed by atoms with van der Waals surface area (Å²) in [4.78, 5) is 35.1. The van der Waals surface area contributed by atoms with Crippen LogP contribution in [0.25, 0.3) is 0 Å². The number of carbonyl (C=O) groups is 2. The number of nitrogens with two attached hydrogens (primary N) is 1. The van der Waals surface area contributed by atoms with Crippen molar-refractivity contribution in [3.8, 4) is 0 Å². The molecular formula is C15H20N4O6S. The van der Waals surface area contributed by atoms with E-state index >= 15 is 0 Å². The van der Waals surface area contributed by atoms with Crippen LogP contribution in [0, 0.1) is 10.1 Å². The second kappa shape index (κ2) is 8.54. The van der Waals surface area contributed by atoms with Crippen molar-refractivity contribution in [2.24, 2.45) is 0 Å². The lowest BCUT2D eigenvalue weighted by Crippen LogP contribution is -2.35. The number of amides is 2. The summed E-state index contributed by atoms with van der Waals surface area (Å²) in [5.41, 5.74) is 5.17. The number of imide groups is 1. The Morgan fingerprint density at radius 2 is 1.85 bits per heavy atom. The van der Waals surface area contributed by atoms with Gasteiger partial charge in [-0.1, -0.05) is 6.08 Å². The van der Waals surface area contributed by atoms with Gasteiger partial charge in [0.05, 0.1) is 21.8 Å². The number of hydrogen-bond donors (Lipinski definition) is 2. The number of fused-ring (bicyclic) bond motifs is 1. The Bertz CT molecular complexity index is 850. The zero-order valence-electron chi connectivity index (χ0n) is 14.4. The predicted molar refractivity (Wildman–Crippen MR) is 96.7 cm³/mol. The first kappa shape index (κ1) is 21.3. The monoisotopic (exact) mass is 384 g/mol. The molecule has 0 aliphatic carbocycles. The van der Waals surface area contributed by atoms with E-state index in [1.807, 2.05) is 0 Å². The average Bonchev–Trinajstić information content (AvgIpc) is 2.75. The van der Waals surface area contributed by atoms with E-state index in [0.29, 0.717) is 6.54 Å². The van der Waals surface area contributed by atoms with Crippen molar-refractivity contribution in [1.82, 2.24) is 10.2 Å². The Labute approximate surface area is 150 Å². The van der Waals surface area contributed by atoms with Crippen LogP contribution >= 0.6 is 0 Å². The van der Waals surface area contributed by atoms with Crippen LogP contribution in [0.1, 0.15) is 20.7 Å². The number of nitrogens with zero attached hydrogens (tertiary/aromatic N) is 2. The van der Waals surface area contributed by atoms with Gasteiger partial charge in [-0.15, -0.1) is 6.58 Å². The van der Waals surface area contributed by atoms with Gasteiger partial charge in [0.15, 0.2) is 9.84 Å². The molecule has 142 valence electrons. The molecule has 0 saturated carbocycles. The Balaban J connectivity index is 0.000000412. The minimum atomic E-state index is -2.79. The van der Waals surface area contributed by atoms with Crippen LogP contribution in [0.4, 0.5) is 11.4 Å². The van der Waals surface area contributed by atoms with Gasteiger partial charge >= 0.3 is 0 Å². The van der Waals surface area contributed by atoms with Crippen molar-refractivity contribution in [3.63, 3.8) is 0 Å². The zero-order valence-corrected chi connectivity index (χ0v) is 15.2. The van der Waals surface area contributed by atoms with Crippen LogP contribution in [0.3, 0.4) is 0 Å². The number of sulfone groups is 1. The molecule has 0 spiro atoms. The number of likely N-dealkylation sites (N-methyl/N-ethyl adjacent to an activating group) is 1. The summed E-state index contributed by atoms with van der Waals surface area (Å²) in [6, 6.07) is 2.25. The number of nitro benzene ring substituents is 1. The fraction of sp³-hybridized carbons (Fsp3) is 0.333. The Hall–Kier alpha value is -2.79. The summed E-state index contributed by atoms with van der Waals surface area (Å²) in [5, 5.41) is 13.6. The maximum Gasteiger partial charge on any atom is 0.292 e. The van der Waals surface area contributed by atoms with E-state index in [-0.39, 0.29) is 34.8 Å². The van der Waals surface area contributed by atoms with Crippen LogP contribution in [0.5, 0.6) is 0 Å². The molecule has 3 N–H and O–H groups in total. The smallest absolute Gasteiger partial charge is 0.292 e. The average molecular weight is 384 g/mol. The van der Waals surface area contributed by atoms with Crippen LogP contribution < -0.4 is 11.1 Å². The molecule has 0 unspecified atom stereocenters. The van der Waals surface area contributed by atoms with E-state index < -0.39 is 26.6 Å². The van der Waals surface area contributed by atoms with Crippen molar-refractivity contribution >= 4 is 33.0 Å². The molecular weight excluding hydrogens is 364 g/mol. The van der Waals surface area contributed by atoms with Crippen LogP contribution in [0.15, 0.2) is 24.8 Å². The van der Waals surface area contributed by atoms with E-state index in [2.05, 4.69) is 11.9 Å². The molecule has 11 heteroatoms. The summed E-state index contributed by atoms with van der Waals surface area (Å²) in [6.07, 6.45) is 2.55. The van der Waals surface area contributed by atoms with Crippen molar-refractivity contribution in [2.75, 3.05) is 37.9 Å². The fourth-order valence-electron chi connectivity index (χ4n) is 2.14. The Kier molecular flexibility index (Phi) is 6.98. The number of nitrogen functional groups attached to an aromatic ring is 1. The normalized spacial score (nSPS) is 13.1. The summed E-state index contributed by atoms with van der Waals surface area (Å²) < 4.78 is 20.3. The topological polar surface area (TPSA) is 153 Å². The van der Waals surface area contributed by atoms with Crippen LogP contribution in [-0.4, -0.2) is 62.2 Å². The van der Waals surface area contributed by atoms with Gasteiger partial charge in [-0.3, -0.25) is 24.6 Å². The molecule has 2 rings (SSSR count). The Morgan fingerprint density at radius 3 is 2.23 bits per heavy atom. The Morgan fingerprint density at radius 1 is 1.31 bits per heavy atom. The SMILES string of the molecule is C=CCS(C)(=O)=O.CNCCN1C(=O)c2cc(N)c([N+](=O)[O-])cc2C1=O. The zero-order chi connectivity index (χ0) is 20.1. The van der Waals surface area contributed by atoms with Gasteiger partial charge < -0.3 is 11.1 Å². The maximum atomic E-state index is 12.0. The highest BCUT2D eigenvalue weighted by Crippen LogP contribution is 2.31. The molecule has 0 fully saturated rings. The molecule has 1 aromatic rings. The standard InChI is InChI=1S/C11H12N4O4.C4H8O2S/c1-13-2-3-14-10(16)6-4-8(12)9(15(18)19)5-7(6)11(14)17;1-3-4-7(2,5)6/h4-5,13H,2-3,12H2,1H3;3H,1,4H2,2H3.